The van der Waals surface area contributed by atoms with Gasteiger partial charge in [-0.05, 0) is 39.0 Å². The molecule has 3 N–H and O–H groups in total. The van der Waals surface area contributed by atoms with Crippen LogP contribution in [-0.4, -0.2) is 49.5 Å². The molecule has 3 atom stereocenters. The van der Waals surface area contributed by atoms with Gasteiger partial charge in [-0.25, -0.2) is 0 Å². The van der Waals surface area contributed by atoms with Crippen LogP contribution in [0.5, 0.6) is 0 Å². The maximum absolute atomic E-state index is 9.14. The largest absolute Gasteiger partial charge is 0.396 e. The van der Waals surface area contributed by atoms with E-state index in [-0.39, 0.29) is 41.9 Å². The van der Waals surface area contributed by atoms with Crippen molar-refractivity contribution >= 4 is 29.9 Å². The van der Waals surface area contributed by atoms with Crippen molar-refractivity contribution in [2.45, 2.75) is 66.0 Å². The molecule has 138 valence electrons. The molecule has 1 fully saturated rings. The van der Waals surface area contributed by atoms with E-state index in [0.717, 1.165) is 38.4 Å². The average Bonchev–Trinajstić information content (AvgIpc) is 2.52. The van der Waals surface area contributed by atoms with E-state index in [1.165, 1.54) is 0 Å². The van der Waals surface area contributed by atoms with Crippen molar-refractivity contribution in [2.75, 3.05) is 26.3 Å². The van der Waals surface area contributed by atoms with E-state index in [1.54, 1.807) is 0 Å². The Morgan fingerprint density at radius 1 is 1.30 bits per heavy atom. The minimum Gasteiger partial charge on any atom is -0.396 e. The number of rotatable bonds is 9. The van der Waals surface area contributed by atoms with Crippen molar-refractivity contribution < 1.29 is 9.84 Å². The highest BCUT2D eigenvalue weighted by atomic mass is 127. The van der Waals surface area contributed by atoms with Crippen molar-refractivity contribution in [2.24, 2.45) is 16.3 Å². The summed E-state index contributed by atoms with van der Waals surface area (Å²) >= 11 is 0. The molecule has 0 aliphatic heterocycles. The fourth-order valence-corrected chi connectivity index (χ4v) is 3.37. The molecule has 1 rings (SSSR count). The minimum absolute atomic E-state index is 0. The number of aliphatic imine (C=N–C) groups is 1. The summed E-state index contributed by atoms with van der Waals surface area (Å²) in [6.07, 6.45) is 3.61. The molecular weight excluding hydrogens is 405 g/mol. The molecule has 0 spiro atoms. The summed E-state index contributed by atoms with van der Waals surface area (Å²) in [6.45, 7) is 13.1. The molecular formula is C17H36IN3O2. The normalized spacial score (nSPS) is 24.3. The third-order valence-corrected chi connectivity index (χ3v) is 5.00. The maximum atomic E-state index is 9.14. The highest BCUT2D eigenvalue weighted by molar-refractivity contribution is 14.0. The van der Waals surface area contributed by atoms with Crippen LogP contribution >= 0.6 is 24.0 Å². The van der Waals surface area contributed by atoms with Crippen molar-refractivity contribution in [1.29, 1.82) is 0 Å². The third-order valence-electron chi connectivity index (χ3n) is 5.00. The van der Waals surface area contributed by atoms with Crippen LogP contribution in [0, 0.1) is 11.3 Å². The average molecular weight is 441 g/mol. The molecule has 0 saturated heterocycles. The standard InChI is InChI=1S/C17H35N3O2.HI/c1-6-17(7-2)14(10-15(17)22-9-4)20-16(18-8-3)19-11-13(5)12-21;/h13-15,21H,6-12H2,1-5H3,(H2,18,19,20);1H. The lowest BCUT2D eigenvalue weighted by Crippen LogP contribution is -2.65. The number of halogens is 1. The van der Waals surface area contributed by atoms with Gasteiger partial charge in [0.1, 0.15) is 0 Å². The first-order chi connectivity index (χ1) is 10.6. The Bertz CT molecular complexity index is 349. The second-order valence-electron chi connectivity index (χ2n) is 6.32. The second kappa shape index (κ2) is 11.5. The molecule has 0 aromatic carbocycles. The zero-order valence-electron chi connectivity index (χ0n) is 15.4. The molecule has 3 unspecified atom stereocenters. The van der Waals surface area contributed by atoms with Gasteiger partial charge in [0, 0.05) is 37.8 Å². The molecule has 5 nitrogen and oxygen atoms in total. The molecule has 0 amide bonds. The van der Waals surface area contributed by atoms with Crippen molar-refractivity contribution in [3.63, 3.8) is 0 Å². The lowest BCUT2D eigenvalue weighted by molar-refractivity contribution is -0.133. The lowest BCUT2D eigenvalue weighted by atomic mass is 9.58. The Kier molecular flexibility index (Phi) is 11.4. The van der Waals surface area contributed by atoms with Crippen LogP contribution in [0.15, 0.2) is 4.99 Å². The van der Waals surface area contributed by atoms with Crippen molar-refractivity contribution in [3.05, 3.63) is 0 Å². The van der Waals surface area contributed by atoms with Crippen LogP contribution in [-0.2, 0) is 4.74 Å². The van der Waals surface area contributed by atoms with Gasteiger partial charge in [-0.1, -0.05) is 20.8 Å². The van der Waals surface area contributed by atoms with E-state index in [0.29, 0.717) is 18.7 Å². The number of guanidine groups is 1. The van der Waals surface area contributed by atoms with Gasteiger partial charge >= 0.3 is 0 Å². The Balaban J connectivity index is 0.00000484. The summed E-state index contributed by atoms with van der Waals surface area (Å²) in [6, 6.07) is 0.404. The smallest absolute Gasteiger partial charge is 0.191 e. The first kappa shape index (κ1) is 22.9. The van der Waals surface area contributed by atoms with Crippen LogP contribution in [0.2, 0.25) is 0 Å². The Hall–Kier alpha value is -0.0800. The molecule has 0 aromatic rings. The number of hydrogen-bond donors (Lipinski definition) is 3. The van der Waals surface area contributed by atoms with Gasteiger partial charge in [0.2, 0.25) is 0 Å². The van der Waals surface area contributed by atoms with Gasteiger partial charge < -0.3 is 20.5 Å². The highest BCUT2D eigenvalue weighted by Gasteiger charge is 2.53. The summed E-state index contributed by atoms with van der Waals surface area (Å²) in [5, 5.41) is 16.0. The van der Waals surface area contributed by atoms with E-state index >= 15 is 0 Å². The van der Waals surface area contributed by atoms with E-state index in [1.807, 2.05) is 6.92 Å². The van der Waals surface area contributed by atoms with E-state index in [9.17, 15) is 0 Å². The molecule has 0 bridgehead atoms. The number of hydrogen-bond acceptors (Lipinski definition) is 3. The molecule has 0 aromatic heterocycles. The zero-order chi connectivity index (χ0) is 16.6. The fourth-order valence-electron chi connectivity index (χ4n) is 3.37. The predicted molar refractivity (Wildman–Crippen MR) is 108 cm³/mol. The molecule has 1 aliphatic carbocycles. The Labute approximate surface area is 159 Å². The minimum atomic E-state index is 0. The molecule has 0 heterocycles. The van der Waals surface area contributed by atoms with Crippen LogP contribution in [0.4, 0.5) is 0 Å². The fraction of sp³-hybridized carbons (Fsp3) is 0.941. The second-order valence-corrected chi connectivity index (χ2v) is 6.32. The number of ether oxygens (including phenoxy) is 1. The summed E-state index contributed by atoms with van der Waals surface area (Å²) in [5.41, 5.74) is 0.203. The summed E-state index contributed by atoms with van der Waals surface area (Å²) in [4.78, 5) is 4.60. The summed E-state index contributed by atoms with van der Waals surface area (Å²) < 4.78 is 5.93. The topological polar surface area (TPSA) is 65.9 Å². The predicted octanol–water partition coefficient (Wildman–Crippen LogP) is 2.77. The highest BCUT2D eigenvalue weighted by Crippen LogP contribution is 2.48. The zero-order valence-corrected chi connectivity index (χ0v) is 17.7. The molecule has 23 heavy (non-hydrogen) atoms. The van der Waals surface area contributed by atoms with Gasteiger partial charge in [-0.3, -0.25) is 4.99 Å². The van der Waals surface area contributed by atoms with Gasteiger partial charge in [-0.15, -0.1) is 24.0 Å². The first-order valence-electron chi connectivity index (χ1n) is 8.85. The third kappa shape index (κ3) is 5.74. The van der Waals surface area contributed by atoms with Crippen LogP contribution in [0.3, 0.4) is 0 Å². The van der Waals surface area contributed by atoms with E-state index in [2.05, 4.69) is 43.3 Å². The monoisotopic (exact) mass is 441 g/mol. The quantitative estimate of drug-likeness (QED) is 0.293. The van der Waals surface area contributed by atoms with Crippen LogP contribution in [0.1, 0.15) is 53.9 Å². The van der Waals surface area contributed by atoms with E-state index in [4.69, 9.17) is 9.84 Å². The van der Waals surface area contributed by atoms with Gasteiger partial charge in [0.25, 0.3) is 0 Å². The SMILES string of the molecule is CCNC(=NCC(C)CO)NC1CC(OCC)C1(CC)CC.I. The Morgan fingerprint density at radius 3 is 2.43 bits per heavy atom. The molecule has 6 heteroatoms. The molecule has 0 radical (unpaired) electrons. The molecule has 1 aliphatic rings. The van der Waals surface area contributed by atoms with Gasteiger partial charge in [0.05, 0.1) is 6.10 Å². The summed E-state index contributed by atoms with van der Waals surface area (Å²) in [5.74, 6) is 1.05. The maximum Gasteiger partial charge on any atom is 0.191 e. The molecule has 1 saturated carbocycles. The van der Waals surface area contributed by atoms with Gasteiger partial charge in [0.15, 0.2) is 5.96 Å². The number of nitrogens with zero attached hydrogens (tertiary/aromatic N) is 1. The number of aliphatic hydroxyl groups excluding tert-OH is 1. The van der Waals surface area contributed by atoms with Crippen molar-refractivity contribution in [3.8, 4) is 0 Å². The summed E-state index contributed by atoms with van der Waals surface area (Å²) in [7, 11) is 0. The lowest BCUT2D eigenvalue weighted by Gasteiger charge is -2.55. The van der Waals surface area contributed by atoms with Crippen molar-refractivity contribution in [1.82, 2.24) is 10.6 Å². The number of nitrogens with one attached hydrogen (secondary N) is 2. The Morgan fingerprint density at radius 2 is 1.96 bits per heavy atom. The van der Waals surface area contributed by atoms with Crippen LogP contribution < -0.4 is 10.6 Å². The number of aliphatic hydroxyl groups is 1. The van der Waals surface area contributed by atoms with Gasteiger partial charge in [-0.2, -0.15) is 0 Å². The first-order valence-corrected chi connectivity index (χ1v) is 8.85. The van der Waals surface area contributed by atoms with Crippen LogP contribution in [0.25, 0.3) is 0 Å². The van der Waals surface area contributed by atoms with E-state index < -0.39 is 0 Å².